The van der Waals surface area contributed by atoms with Crippen LogP contribution in [0.5, 0.6) is 0 Å². The van der Waals surface area contributed by atoms with Crippen molar-refractivity contribution in [3.8, 4) is 0 Å². The maximum atomic E-state index is 4.43. The van der Waals surface area contributed by atoms with Crippen molar-refractivity contribution in [2.75, 3.05) is 11.9 Å². The van der Waals surface area contributed by atoms with E-state index >= 15 is 0 Å². The quantitative estimate of drug-likeness (QED) is 0.793. The Hall–Kier alpha value is -0.540. The van der Waals surface area contributed by atoms with E-state index in [1.807, 2.05) is 6.20 Å². The molecule has 2 aromatic rings. The number of hydrogen-bond acceptors (Lipinski definition) is 5. The van der Waals surface area contributed by atoms with Crippen molar-refractivity contribution in [1.29, 1.82) is 0 Å². The molecule has 1 saturated carbocycles. The number of rotatable bonds is 3. The molecule has 19 heavy (non-hydrogen) atoms. The molecule has 5 nitrogen and oxygen atoms in total. The number of nitrogens with zero attached hydrogens (tertiary/aromatic N) is 3. The molecular formula is C12H14IN5S. The van der Waals surface area contributed by atoms with E-state index in [1.165, 1.54) is 19.4 Å². The van der Waals surface area contributed by atoms with Crippen LogP contribution in [0.3, 0.4) is 0 Å². The third kappa shape index (κ3) is 2.02. The largest absolute Gasteiger partial charge is 0.365 e. The van der Waals surface area contributed by atoms with Gasteiger partial charge < -0.3 is 10.6 Å². The van der Waals surface area contributed by atoms with Crippen LogP contribution in [-0.4, -0.2) is 32.6 Å². The Morgan fingerprint density at radius 3 is 3.11 bits per heavy atom. The molecule has 100 valence electrons. The molecule has 2 aliphatic rings. The summed E-state index contributed by atoms with van der Waals surface area (Å²) in [6, 6.07) is 3.20. The molecular weight excluding hydrogens is 373 g/mol. The Kier molecular flexibility index (Phi) is 3.07. The lowest BCUT2D eigenvalue weighted by Crippen LogP contribution is -2.41. The monoisotopic (exact) mass is 387 g/mol. The highest BCUT2D eigenvalue weighted by molar-refractivity contribution is 14.2. The highest BCUT2D eigenvalue weighted by atomic mass is 127. The van der Waals surface area contributed by atoms with Crippen molar-refractivity contribution in [3.63, 3.8) is 0 Å². The van der Waals surface area contributed by atoms with Crippen molar-refractivity contribution in [2.45, 2.75) is 24.9 Å². The Balaban J connectivity index is 1.66. The van der Waals surface area contributed by atoms with Crippen LogP contribution in [0.25, 0.3) is 11.0 Å². The van der Waals surface area contributed by atoms with Gasteiger partial charge >= 0.3 is 0 Å². The van der Waals surface area contributed by atoms with Gasteiger partial charge in [-0.15, -0.1) is 0 Å². The van der Waals surface area contributed by atoms with Gasteiger partial charge in [0.05, 0.1) is 5.39 Å². The van der Waals surface area contributed by atoms with Gasteiger partial charge in [0.1, 0.15) is 12.1 Å². The lowest BCUT2D eigenvalue weighted by Gasteiger charge is -2.24. The van der Waals surface area contributed by atoms with Crippen molar-refractivity contribution >= 4 is 47.2 Å². The first-order chi connectivity index (χ1) is 9.35. The molecule has 0 spiro atoms. The third-order valence-corrected chi connectivity index (χ3v) is 5.89. The molecule has 2 aromatic heterocycles. The van der Waals surface area contributed by atoms with Crippen LogP contribution in [-0.2, 0) is 0 Å². The van der Waals surface area contributed by atoms with E-state index in [2.05, 4.69) is 51.8 Å². The summed E-state index contributed by atoms with van der Waals surface area (Å²) < 4.78 is 2.06. The van der Waals surface area contributed by atoms with Crippen LogP contribution in [0.2, 0.25) is 0 Å². The SMILES string of the molecule is ISn1ccc2c(NC3CC4CNC3C4)ncnc21. The van der Waals surface area contributed by atoms with Crippen molar-refractivity contribution < 1.29 is 0 Å². The summed E-state index contributed by atoms with van der Waals surface area (Å²) in [6.45, 7) is 1.18. The summed E-state index contributed by atoms with van der Waals surface area (Å²) in [5, 5.41) is 8.29. The maximum Gasteiger partial charge on any atom is 0.156 e. The number of hydrogen-bond donors (Lipinski definition) is 2. The standard InChI is InChI=1S/C12H14IN5S/c13-19-18-2-1-8-11(15-6-16-12(8)18)17-10-4-7-3-9(10)14-5-7/h1-2,6-7,9-10,14H,3-5H2,(H,15,16,17). The van der Waals surface area contributed by atoms with Crippen LogP contribution in [0.15, 0.2) is 18.6 Å². The molecule has 1 saturated heterocycles. The van der Waals surface area contributed by atoms with Crippen molar-refractivity contribution in [2.24, 2.45) is 5.92 Å². The first-order valence-corrected chi connectivity index (χ1v) is 9.78. The van der Waals surface area contributed by atoms with E-state index in [0.717, 1.165) is 22.8 Å². The number of aromatic nitrogens is 3. The molecule has 1 aliphatic heterocycles. The number of halogens is 1. The Morgan fingerprint density at radius 2 is 2.37 bits per heavy atom. The summed E-state index contributed by atoms with van der Waals surface area (Å²) in [4.78, 5) is 8.79. The minimum Gasteiger partial charge on any atom is -0.365 e. The first-order valence-electron chi connectivity index (χ1n) is 6.46. The van der Waals surface area contributed by atoms with Gasteiger partial charge in [-0.2, -0.15) is 0 Å². The average molecular weight is 387 g/mol. The van der Waals surface area contributed by atoms with Crippen molar-refractivity contribution in [1.82, 2.24) is 19.3 Å². The maximum absolute atomic E-state index is 4.43. The minimum atomic E-state index is 0.507. The van der Waals surface area contributed by atoms with Crippen LogP contribution in [0.1, 0.15) is 12.8 Å². The van der Waals surface area contributed by atoms with E-state index in [4.69, 9.17) is 0 Å². The molecule has 2 bridgehead atoms. The Labute approximate surface area is 127 Å². The van der Waals surface area contributed by atoms with E-state index in [-0.39, 0.29) is 0 Å². The van der Waals surface area contributed by atoms with Gasteiger partial charge in [0.25, 0.3) is 0 Å². The van der Waals surface area contributed by atoms with Crippen LogP contribution in [0, 0.1) is 5.92 Å². The predicted molar refractivity (Wildman–Crippen MR) is 86.5 cm³/mol. The molecule has 3 unspecified atom stereocenters. The third-order valence-electron chi connectivity index (χ3n) is 4.17. The van der Waals surface area contributed by atoms with Gasteiger partial charge in [0.15, 0.2) is 5.65 Å². The van der Waals surface area contributed by atoms with E-state index in [9.17, 15) is 0 Å². The first kappa shape index (κ1) is 12.2. The van der Waals surface area contributed by atoms with Crippen molar-refractivity contribution in [3.05, 3.63) is 18.6 Å². The predicted octanol–water partition coefficient (Wildman–Crippen LogP) is 2.44. The number of anilines is 1. The van der Waals surface area contributed by atoms with E-state index < -0.39 is 0 Å². The zero-order chi connectivity index (χ0) is 12.8. The second kappa shape index (κ2) is 4.78. The number of nitrogens with one attached hydrogen (secondary N) is 2. The van der Waals surface area contributed by atoms with Gasteiger partial charge in [-0.05, 0) is 31.4 Å². The molecule has 0 aromatic carbocycles. The highest BCUT2D eigenvalue weighted by Gasteiger charge is 2.39. The zero-order valence-electron chi connectivity index (χ0n) is 10.2. The second-order valence-electron chi connectivity index (χ2n) is 5.27. The molecule has 3 atom stereocenters. The summed E-state index contributed by atoms with van der Waals surface area (Å²) in [6.07, 6.45) is 6.25. The molecule has 2 fully saturated rings. The number of fused-ring (bicyclic) bond motifs is 3. The molecule has 1 aliphatic carbocycles. The normalized spacial score (nSPS) is 29.2. The summed E-state index contributed by atoms with van der Waals surface area (Å²) in [5.41, 5.74) is 0.980. The Morgan fingerprint density at radius 1 is 1.42 bits per heavy atom. The van der Waals surface area contributed by atoms with Gasteiger partial charge in [-0.1, -0.05) is 0 Å². The smallest absolute Gasteiger partial charge is 0.156 e. The van der Waals surface area contributed by atoms with E-state index in [1.54, 1.807) is 15.4 Å². The molecule has 3 heterocycles. The fraction of sp³-hybridized carbons (Fsp3) is 0.500. The van der Waals surface area contributed by atoms with Gasteiger partial charge in [0, 0.05) is 48.6 Å². The fourth-order valence-corrected chi connectivity index (χ4v) is 4.56. The zero-order valence-corrected chi connectivity index (χ0v) is 13.2. The molecule has 4 rings (SSSR count). The minimum absolute atomic E-state index is 0.507. The molecule has 2 N–H and O–H groups in total. The Bertz CT molecular complexity index is 615. The van der Waals surface area contributed by atoms with Crippen LogP contribution in [0.4, 0.5) is 5.82 Å². The van der Waals surface area contributed by atoms with Gasteiger partial charge in [-0.3, -0.25) is 3.97 Å². The summed E-state index contributed by atoms with van der Waals surface area (Å²) in [7, 11) is 1.62. The number of piperidine rings is 1. The molecule has 0 amide bonds. The lowest BCUT2D eigenvalue weighted by atomic mass is 10.1. The topological polar surface area (TPSA) is 54.8 Å². The molecule has 7 heteroatoms. The van der Waals surface area contributed by atoms with E-state index in [0.29, 0.717) is 12.1 Å². The second-order valence-corrected chi connectivity index (χ2v) is 6.99. The fourth-order valence-electron chi connectivity index (χ4n) is 3.29. The van der Waals surface area contributed by atoms with Gasteiger partial charge in [0.2, 0.25) is 0 Å². The van der Waals surface area contributed by atoms with Crippen LogP contribution < -0.4 is 10.6 Å². The molecule has 0 radical (unpaired) electrons. The van der Waals surface area contributed by atoms with Gasteiger partial charge in [-0.25, -0.2) is 9.97 Å². The van der Waals surface area contributed by atoms with Crippen LogP contribution >= 0.6 is 30.3 Å². The lowest BCUT2D eigenvalue weighted by molar-refractivity contribution is 0.466. The highest BCUT2D eigenvalue weighted by Crippen LogP contribution is 2.34. The average Bonchev–Trinajstić information content (AvgIpc) is 3.13. The summed E-state index contributed by atoms with van der Waals surface area (Å²) >= 11 is 2.26. The summed E-state index contributed by atoms with van der Waals surface area (Å²) in [5.74, 6) is 1.81.